The smallest absolute Gasteiger partial charge is 0.164 e. The first kappa shape index (κ1) is 30.2. The fourth-order valence-corrected chi connectivity index (χ4v) is 7.79. The molecular formula is C48H29N5O. The van der Waals surface area contributed by atoms with E-state index in [1.165, 1.54) is 27.1 Å². The molecule has 0 unspecified atom stereocenters. The van der Waals surface area contributed by atoms with Gasteiger partial charge < -0.3 is 8.98 Å². The summed E-state index contributed by atoms with van der Waals surface area (Å²) < 4.78 is 8.41. The maximum absolute atomic E-state index is 6.10. The van der Waals surface area contributed by atoms with Crippen molar-refractivity contribution in [3.8, 4) is 51.0 Å². The van der Waals surface area contributed by atoms with Gasteiger partial charge in [0.1, 0.15) is 5.58 Å². The van der Waals surface area contributed by atoms with Gasteiger partial charge in [-0.2, -0.15) is 0 Å². The number of para-hydroxylation sites is 2. The molecule has 252 valence electrons. The van der Waals surface area contributed by atoms with Crippen molar-refractivity contribution in [3.05, 3.63) is 176 Å². The lowest BCUT2D eigenvalue weighted by Crippen LogP contribution is -2.01. The highest BCUT2D eigenvalue weighted by Crippen LogP contribution is 2.36. The van der Waals surface area contributed by atoms with Crippen molar-refractivity contribution >= 4 is 54.5 Å². The zero-order valence-corrected chi connectivity index (χ0v) is 28.9. The second-order valence-corrected chi connectivity index (χ2v) is 13.5. The Labute approximate surface area is 309 Å². The Kier molecular flexibility index (Phi) is 6.75. The van der Waals surface area contributed by atoms with Gasteiger partial charge in [-0.05, 0) is 70.4 Å². The van der Waals surface area contributed by atoms with Crippen LogP contribution in [0.1, 0.15) is 0 Å². The van der Waals surface area contributed by atoms with Crippen molar-refractivity contribution in [3.63, 3.8) is 0 Å². The molecule has 0 aliphatic rings. The number of furan rings is 1. The predicted octanol–water partition coefficient (Wildman–Crippen LogP) is 12.1. The number of hydrogen-bond donors (Lipinski definition) is 0. The van der Waals surface area contributed by atoms with Gasteiger partial charge in [-0.3, -0.25) is 4.98 Å². The molecule has 0 saturated carbocycles. The van der Waals surface area contributed by atoms with E-state index in [1.807, 2.05) is 18.2 Å². The largest absolute Gasteiger partial charge is 0.454 e. The minimum Gasteiger partial charge on any atom is -0.454 e. The van der Waals surface area contributed by atoms with Crippen LogP contribution >= 0.6 is 0 Å². The third-order valence-corrected chi connectivity index (χ3v) is 10.4. The third kappa shape index (κ3) is 4.89. The third-order valence-electron chi connectivity index (χ3n) is 10.4. The maximum atomic E-state index is 6.10. The first-order valence-corrected chi connectivity index (χ1v) is 18.0. The monoisotopic (exact) mass is 691 g/mol. The van der Waals surface area contributed by atoms with Gasteiger partial charge in [0.25, 0.3) is 0 Å². The number of fused-ring (bicyclic) bond motifs is 7. The summed E-state index contributed by atoms with van der Waals surface area (Å²) >= 11 is 0. The minimum atomic E-state index is 0.584. The van der Waals surface area contributed by atoms with Crippen LogP contribution in [0.4, 0.5) is 0 Å². The van der Waals surface area contributed by atoms with Crippen LogP contribution in [0.5, 0.6) is 0 Å². The molecule has 7 aromatic carbocycles. The molecule has 0 aliphatic heterocycles. The van der Waals surface area contributed by atoms with Crippen LogP contribution in [-0.2, 0) is 0 Å². The van der Waals surface area contributed by atoms with Crippen LogP contribution in [0, 0.1) is 0 Å². The summed E-state index contributed by atoms with van der Waals surface area (Å²) in [6.45, 7) is 0. The van der Waals surface area contributed by atoms with Crippen LogP contribution in [0.15, 0.2) is 181 Å². The molecule has 6 heteroatoms. The Morgan fingerprint density at radius 3 is 1.80 bits per heavy atom. The van der Waals surface area contributed by atoms with Crippen molar-refractivity contribution in [1.29, 1.82) is 0 Å². The number of benzene rings is 7. The SMILES string of the molecule is c1cc(-c2nc(-c3ccc(-c4cccc5ccccc45)cc3)nc(-c3ccc4oc5cnccc5c4c3)n2)cc(-n2c3ccccc3c3ccccc32)c1. The van der Waals surface area contributed by atoms with Crippen molar-refractivity contribution in [2.75, 3.05) is 0 Å². The van der Waals surface area contributed by atoms with Gasteiger partial charge >= 0.3 is 0 Å². The molecule has 0 saturated heterocycles. The standard InChI is InChI=1S/C48H29N5O/c1-2-13-36-30(9-1)10-8-16-37(36)31-19-21-32(22-20-31)46-50-47(52-48(51-46)34-23-24-44-41(28-34)40-25-26-49-29-45(40)54-44)33-11-7-12-35(27-33)53-42-17-5-3-14-38(42)39-15-4-6-18-43(39)53/h1-29H. The van der Waals surface area contributed by atoms with E-state index in [2.05, 4.69) is 155 Å². The highest BCUT2D eigenvalue weighted by Gasteiger charge is 2.17. The van der Waals surface area contributed by atoms with Crippen LogP contribution < -0.4 is 0 Å². The van der Waals surface area contributed by atoms with E-state index in [0.717, 1.165) is 60.9 Å². The summed E-state index contributed by atoms with van der Waals surface area (Å²) in [7, 11) is 0. The molecule has 6 nitrogen and oxygen atoms in total. The Hall–Kier alpha value is -7.44. The lowest BCUT2D eigenvalue weighted by molar-refractivity contribution is 0.667. The molecule has 54 heavy (non-hydrogen) atoms. The molecule has 0 N–H and O–H groups in total. The zero-order valence-electron chi connectivity index (χ0n) is 28.9. The molecule has 0 radical (unpaired) electrons. The molecule has 0 atom stereocenters. The maximum Gasteiger partial charge on any atom is 0.164 e. The molecular weight excluding hydrogens is 663 g/mol. The first-order chi connectivity index (χ1) is 26.7. The second-order valence-electron chi connectivity index (χ2n) is 13.5. The molecule has 11 rings (SSSR count). The van der Waals surface area contributed by atoms with Crippen molar-refractivity contribution in [1.82, 2.24) is 24.5 Å². The number of hydrogen-bond acceptors (Lipinski definition) is 5. The lowest BCUT2D eigenvalue weighted by atomic mass is 9.97. The summed E-state index contributed by atoms with van der Waals surface area (Å²) in [6.07, 6.45) is 3.54. The zero-order chi connectivity index (χ0) is 35.6. The molecule has 0 aliphatic carbocycles. The van der Waals surface area contributed by atoms with E-state index in [1.54, 1.807) is 12.4 Å². The van der Waals surface area contributed by atoms with Crippen molar-refractivity contribution in [2.45, 2.75) is 0 Å². The van der Waals surface area contributed by atoms with Gasteiger partial charge in [0.2, 0.25) is 0 Å². The average Bonchev–Trinajstić information content (AvgIpc) is 3.79. The van der Waals surface area contributed by atoms with Crippen LogP contribution in [0.2, 0.25) is 0 Å². The van der Waals surface area contributed by atoms with Crippen LogP contribution in [0.25, 0.3) is 105 Å². The first-order valence-electron chi connectivity index (χ1n) is 18.0. The van der Waals surface area contributed by atoms with Gasteiger partial charge in [0.15, 0.2) is 23.1 Å². The van der Waals surface area contributed by atoms with E-state index in [0.29, 0.717) is 17.5 Å². The fourth-order valence-electron chi connectivity index (χ4n) is 7.79. The van der Waals surface area contributed by atoms with Gasteiger partial charge in [-0.25, -0.2) is 15.0 Å². The number of rotatable bonds is 5. The van der Waals surface area contributed by atoms with Gasteiger partial charge in [-0.15, -0.1) is 0 Å². The molecule has 0 bridgehead atoms. The van der Waals surface area contributed by atoms with E-state index in [-0.39, 0.29) is 0 Å². The Morgan fingerprint density at radius 2 is 1.02 bits per heavy atom. The Bertz CT molecular complexity index is 3170. The van der Waals surface area contributed by atoms with Crippen molar-refractivity contribution in [2.24, 2.45) is 0 Å². The highest BCUT2D eigenvalue weighted by atomic mass is 16.3. The summed E-state index contributed by atoms with van der Waals surface area (Å²) in [5.41, 5.74) is 9.87. The number of nitrogens with zero attached hydrogens (tertiary/aromatic N) is 5. The van der Waals surface area contributed by atoms with Crippen LogP contribution in [0.3, 0.4) is 0 Å². The van der Waals surface area contributed by atoms with Gasteiger partial charge in [0, 0.05) is 50.1 Å². The quantitative estimate of drug-likeness (QED) is 0.180. The summed E-state index contributed by atoms with van der Waals surface area (Å²) in [4.78, 5) is 19.6. The van der Waals surface area contributed by atoms with Gasteiger partial charge in [-0.1, -0.05) is 115 Å². The summed E-state index contributed by atoms with van der Waals surface area (Å²) in [6, 6.07) is 57.1. The Morgan fingerprint density at radius 1 is 0.407 bits per heavy atom. The fraction of sp³-hybridized carbons (Fsp3) is 0. The van der Waals surface area contributed by atoms with Crippen LogP contribution in [-0.4, -0.2) is 24.5 Å². The molecule has 0 fully saturated rings. The van der Waals surface area contributed by atoms with Gasteiger partial charge in [0.05, 0.1) is 17.2 Å². The normalized spacial score (nSPS) is 11.7. The average molecular weight is 692 g/mol. The van der Waals surface area contributed by atoms with E-state index in [4.69, 9.17) is 19.4 Å². The summed E-state index contributed by atoms with van der Waals surface area (Å²) in [5, 5.41) is 6.85. The molecule has 0 spiro atoms. The predicted molar refractivity (Wildman–Crippen MR) is 218 cm³/mol. The highest BCUT2D eigenvalue weighted by molar-refractivity contribution is 6.09. The Balaban J connectivity index is 1.08. The summed E-state index contributed by atoms with van der Waals surface area (Å²) in [5.74, 6) is 1.78. The number of pyridine rings is 1. The second kappa shape index (κ2) is 12.1. The topological polar surface area (TPSA) is 69.6 Å². The molecule has 4 aromatic heterocycles. The lowest BCUT2D eigenvalue weighted by Gasteiger charge is -2.12. The van der Waals surface area contributed by atoms with E-state index in [9.17, 15) is 0 Å². The number of aromatic nitrogens is 5. The molecule has 11 aromatic rings. The molecule has 0 amide bonds. The molecule has 4 heterocycles. The van der Waals surface area contributed by atoms with Crippen molar-refractivity contribution < 1.29 is 4.42 Å². The van der Waals surface area contributed by atoms with E-state index < -0.39 is 0 Å². The van der Waals surface area contributed by atoms with E-state index >= 15 is 0 Å². The minimum absolute atomic E-state index is 0.584.